The van der Waals surface area contributed by atoms with Gasteiger partial charge in [-0.3, -0.25) is 4.79 Å². The lowest BCUT2D eigenvalue weighted by Gasteiger charge is -2.20. The molecule has 140 valence electrons. The molecule has 0 spiro atoms. The second kappa shape index (κ2) is 9.34. The van der Waals surface area contributed by atoms with Crippen LogP contribution in [0.5, 0.6) is 0 Å². The summed E-state index contributed by atoms with van der Waals surface area (Å²) >= 11 is 0. The predicted molar refractivity (Wildman–Crippen MR) is 107 cm³/mol. The number of aromatic nitrogens is 1. The van der Waals surface area contributed by atoms with E-state index in [4.69, 9.17) is 4.74 Å². The van der Waals surface area contributed by atoms with Crippen LogP contribution in [0.3, 0.4) is 0 Å². The summed E-state index contributed by atoms with van der Waals surface area (Å²) in [5.41, 5.74) is 4.45. The lowest BCUT2D eigenvalue weighted by Crippen LogP contribution is -2.17. The van der Waals surface area contributed by atoms with E-state index in [-0.39, 0.29) is 5.91 Å². The van der Waals surface area contributed by atoms with Crippen molar-refractivity contribution < 1.29 is 9.53 Å². The van der Waals surface area contributed by atoms with Crippen LogP contribution in [0.2, 0.25) is 0 Å². The molecule has 0 unspecified atom stereocenters. The summed E-state index contributed by atoms with van der Waals surface area (Å²) in [7, 11) is 1.66. The van der Waals surface area contributed by atoms with Crippen molar-refractivity contribution in [1.82, 2.24) is 4.98 Å². The fraction of sp³-hybridized carbons (Fsp3) is 0.429. The van der Waals surface area contributed by atoms with Gasteiger partial charge < -0.3 is 15.4 Å². The van der Waals surface area contributed by atoms with E-state index in [0.717, 1.165) is 22.5 Å². The van der Waals surface area contributed by atoms with Gasteiger partial charge in [-0.2, -0.15) is 0 Å². The van der Waals surface area contributed by atoms with Crippen molar-refractivity contribution in [1.29, 1.82) is 0 Å². The van der Waals surface area contributed by atoms with Crippen LogP contribution in [0.4, 0.5) is 11.4 Å². The molecule has 0 fully saturated rings. The number of carbonyl (C=O) groups is 1. The molecular weight excluding hydrogens is 326 g/mol. The third kappa shape index (κ3) is 5.05. The Labute approximate surface area is 156 Å². The van der Waals surface area contributed by atoms with Gasteiger partial charge in [-0.25, -0.2) is 4.98 Å². The fourth-order valence-corrected chi connectivity index (χ4v) is 2.80. The Morgan fingerprint density at radius 1 is 1.08 bits per heavy atom. The summed E-state index contributed by atoms with van der Waals surface area (Å²) in [4.78, 5) is 17.0. The SMILES string of the molecule is COCCNc1ccc(C(=O)Nc2c(C(C)C)cccc2C(C)C)nc1. The first-order valence-electron chi connectivity index (χ1n) is 9.07. The Morgan fingerprint density at radius 2 is 1.73 bits per heavy atom. The Hall–Kier alpha value is -2.40. The minimum absolute atomic E-state index is 0.191. The highest BCUT2D eigenvalue weighted by molar-refractivity contribution is 6.04. The number of methoxy groups -OCH3 is 1. The number of hydrogen-bond donors (Lipinski definition) is 2. The van der Waals surface area contributed by atoms with E-state index >= 15 is 0 Å². The van der Waals surface area contributed by atoms with Crippen LogP contribution in [0.15, 0.2) is 36.5 Å². The van der Waals surface area contributed by atoms with Crippen LogP contribution in [0.1, 0.15) is 61.1 Å². The molecule has 1 heterocycles. The van der Waals surface area contributed by atoms with Gasteiger partial charge in [0, 0.05) is 19.3 Å². The number of rotatable bonds is 8. The number of hydrogen-bond acceptors (Lipinski definition) is 4. The summed E-state index contributed by atoms with van der Waals surface area (Å²) in [6.07, 6.45) is 1.67. The van der Waals surface area contributed by atoms with Gasteiger partial charge in [0.05, 0.1) is 18.5 Å². The first kappa shape index (κ1) is 19.9. The van der Waals surface area contributed by atoms with Gasteiger partial charge in [-0.15, -0.1) is 0 Å². The topological polar surface area (TPSA) is 63.2 Å². The van der Waals surface area contributed by atoms with E-state index in [1.54, 1.807) is 19.4 Å². The highest BCUT2D eigenvalue weighted by Gasteiger charge is 2.17. The van der Waals surface area contributed by atoms with Crippen molar-refractivity contribution in [3.8, 4) is 0 Å². The zero-order chi connectivity index (χ0) is 19.1. The van der Waals surface area contributed by atoms with Crippen LogP contribution < -0.4 is 10.6 Å². The smallest absolute Gasteiger partial charge is 0.274 e. The summed E-state index contributed by atoms with van der Waals surface area (Å²) < 4.78 is 5.01. The minimum atomic E-state index is -0.191. The van der Waals surface area contributed by atoms with Crippen molar-refractivity contribution in [2.75, 3.05) is 30.9 Å². The van der Waals surface area contributed by atoms with Gasteiger partial charge in [0.15, 0.2) is 0 Å². The second-order valence-electron chi connectivity index (χ2n) is 6.93. The number of benzene rings is 1. The molecule has 1 aromatic carbocycles. The molecule has 0 saturated carbocycles. The third-order valence-corrected chi connectivity index (χ3v) is 4.24. The van der Waals surface area contributed by atoms with Crippen molar-refractivity contribution in [3.63, 3.8) is 0 Å². The van der Waals surface area contributed by atoms with Crippen molar-refractivity contribution in [2.24, 2.45) is 0 Å². The Balaban J connectivity index is 2.19. The maximum Gasteiger partial charge on any atom is 0.274 e. The molecule has 0 aliphatic carbocycles. The van der Waals surface area contributed by atoms with E-state index in [2.05, 4.69) is 61.5 Å². The lowest BCUT2D eigenvalue weighted by atomic mass is 9.92. The van der Waals surface area contributed by atoms with E-state index in [1.807, 2.05) is 6.07 Å². The maximum atomic E-state index is 12.7. The molecule has 0 saturated heterocycles. The number of para-hydroxylation sites is 1. The van der Waals surface area contributed by atoms with Crippen LogP contribution in [-0.4, -0.2) is 31.2 Å². The summed E-state index contributed by atoms with van der Waals surface area (Å²) in [6.45, 7) is 9.85. The van der Waals surface area contributed by atoms with Gasteiger partial charge in [0.25, 0.3) is 5.91 Å². The molecule has 2 aromatic rings. The molecule has 1 amide bonds. The van der Waals surface area contributed by atoms with Crippen LogP contribution in [-0.2, 0) is 4.74 Å². The molecule has 0 bridgehead atoms. The Kier molecular flexibility index (Phi) is 7.16. The molecule has 5 heteroatoms. The monoisotopic (exact) mass is 355 g/mol. The number of nitrogens with one attached hydrogen (secondary N) is 2. The van der Waals surface area contributed by atoms with Crippen LogP contribution >= 0.6 is 0 Å². The van der Waals surface area contributed by atoms with Gasteiger partial charge in [0.1, 0.15) is 5.69 Å². The zero-order valence-electron chi connectivity index (χ0n) is 16.3. The summed E-state index contributed by atoms with van der Waals surface area (Å²) in [6, 6.07) is 9.79. The molecule has 26 heavy (non-hydrogen) atoms. The number of pyridine rings is 1. The molecule has 2 N–H and O–H groups in total. The highest BCUT2D eigenvalue weighted by Crippen LogP contribution is 2.32. The molecule has 5 nitrogen and oxygen atoms in total. The Bertz CT molecular complexity index is 698. The second-order valence-corrected chi connectivity index (χ2v) is 6.93. The number of carbonyl (C=O) groups excluding carboxylic acids is 1. The molecule has 0 aliphatic rings. The first-order chi connectivity index (χ1) is 12.4. The van der Waals surface area contributed by atoms with Crippen molar-refractivity contribution >= 4 is 17.3 Å². The first-order valence-corrected chi connectivity index (χ1v) is 9.07. The lowest BCUT2D eigenvalue weighted by molar-refractivity contribution is 0.102. The number of ether oxygens (including phenoxy) is 1. The number of amides is 1. The molecular formula is C21H29N3O2. The van der Waals surface area contributed by atoms with E-state index in [1.165, 1.54) is 0 Å². The van der Waals surface area contributed by atoms with Crippen LogP contribution in [0, 0.1) is 0 Å². The normalized spacial score (nSPS) is 11.0. The molecule has 1 aromatic heterocycles. The quantitative estimate of drug-likeness (QED) is 0.677. The van der Waals surface area contributed by atoms with Gasteiger partial charge in [-0.1, -0.05) is 45.9 Å². The van der Waals surface area contributed by atoms with E-state index < -0.39 is 0 Å². The molecule has 0 radical (unpaired) electrons. The van der Waals surface area contributed by atoms with Gasteiger partial charge in [0.2, 0.25) is 0 Å². The van der Waals surface area contributed by atoms with Gasteiger partial charge >= 0.3 is 0 Å². The largest absolute Gasteiger partial charge is 0.383 e. The fourth-order valence-electron chi connectivity index (χ4n) is 2.80. The van der Waals surface area contributed by atoms with E-state index in [9.17, 15) is 4.79 Å². The average molecular weight is 355 g/mol. The van der Waals surface area contributed by atoms with Crippen molar-refractivity contribution in [3.05, 3.63) is 53.3 Å². The Morgan fingerprint density at radius 3 is 2.23 bits per heavy atom. The van der Waals surface area contributed by atoms with Gasteiger partial charge in [-0.05, 0) is 35.1 Å². The standard InChI is InChI=1S/C21H29N3O2/c1-14(2)17-7-6-8-18(15(3)4)20(17)24-21(25)19-10-9-16(13-23-19)22-11-12-26-5/h6-10,13-15,22H,11-12H2,1-5H3,(H,24,25). The van der Waals surface area contributed by atoms with Crippen molar-refractivity contribution in [2.45, 2.75) is 39.5 Å². The summed E-state index contributed by atoms with van der Waals surface area (Å²) in [5, 5.41) is 6.28. The van der Waals surface area contributed by atoms with Crippen LogP contribution in [0.25, 0.3) is 0 Å². The van der Waals surface area contributed by atoms with E-state index in [0.29, 0.717) is 30.7 Å². The molecule has 0 atom stereocenters. The number of anilines is 2. The zero-order valence-corrected chi connectivity index (χ0v) is 16.3. The number of nitrogens with zero attached hydrogens (tertiary/aromatic N) is 1. The highest BCUT2D eigenvalue weighted by atomic mass is 16.5. The average Bonchev–Trinajstić information content (AvgIpc) is 2.62. The molecule has 0 aliphatic heterocycles. The third-order valence-electron chi connectivity index (χ3n) is 4.24. The predicted octanol–water partition coefficient (Wildman–Crippen LogP) is 4.64. The minimum Gasteiger partial charge on any atom is -0.383 e. The molecule has 2 rings (SSSR count). The summed E-state index contributed by atoms with van der Waals surface area (Å²) in [5.74, 6) is 0.456. The maximum absolute atomic E-state index is 12.7.